The molecule has 6 nitrogen and oxygen atoms in total. The van der Waals surface area contributed by atoms with Gasteiger partial charge in [-0.15, -0.1) is 0 Å². The van der Waals surface area contributed by atoms with Gasteiger partial charge in [0.25, 0.3) is 0 Å². The number of hydrogen-bond donors (Lipinski definition) is 2. The van der Waals surface area contributed by atoms with Crippen molar-refractivity contribution in [2.45, 2.75) is 12.8 Å². The molecule has 0 amide bonds. The van der Waals surface area contributed by atoms with Crippen LogP contribution in [0.5, 0.6) is 0 Å². The van der Waals surface area contributed by atoms with E-state index < -0.39 is 5.97 Å². The van der Waals surface area contributed by atoms with Crippen LogP contribution in [0.1, 0.15) is 12.8 Å². The lowest BCUT2D eigenvalue weighted by molar-refractivity contribution is -0.142. The molecule has 0 radical (unpaired) electrons. The van der Waals surface area contributed by atoms with Crippen molar-refractivity contribution in [3.8, 4) is 0 Å². The summed E-state index contributed by atoms with van der Waals surface area (Å²) in [5.74, 6) is -0.204. The third kappa shape index (κ3) is 2.76. The molecule has 92 valence electrons. The number of nitrogen functional groups attached to an aromatic ring is 1. The van der Waals surface area contributed by atoms with E-state index in [0.29, 0.717) is 36.9 Å². The number of aliphatic carboxylic acids is 1. The van der Waals surface area contributed by atoms with Crippen molar-refractivity contribution in [1.29, 1.82) is 0 Å². The van der Waals surface area contributed by atoms with Crippen LogP contribution in [0.25, 0.3) is 0 Å². The largest absolute Gasteiger partial charge is 0.481 e. The van der Waals surface area contributed by atoms with Crippen LogP contribution >= 0.6 is 11.6 Å². The van der Waals surface area contributed by atoms with Crippen molar-refractivity contribution >= 4 is 29.3 Å². The summed E-state index contributed by atoms with van der Waals surface area (Å²) in [5.41, 5.74) is 5.51. The number of rotatable bonds is 2. The fourth-order valence-electron chi connectivity index (χ4n) is 1.94. The molecule has 1 saturated heterocycles. The Balaban J connectivity index is 2.07. The second-order valence-electron chi connectivity index (χ2n) is 4.01. The highest BCUT2D eigenvalue weighted by Gasteiger charge is 2.25. The monoisotopic (exact) mass is 256 g/mol. The lowest BCUT2D eigenvalue weighted by Crippen LogP contribution is -2.36. The second kappa shape index (κ2) is 4.75. The van der Waals surface area contributed by atoms with Crippen LogP contribution in [0, 0.1) is 5.92 Å². The Morgan fingerprint density at radius 2 is 2.12 bits per heavy atom. The second-order valence-corrected chi connectivity index (χ2v) is 4.39. The first-order chi connectivity index (χ1) is 8.06. The van der Waals surface area contributed by atoms with E-state index in [1.54, 1.807) is 6.07 Å². The summed E-state index contributed by atoms with van der Waals surface area (Å²) in [6, 6.07) is 1.64. The first-order valence-electron chi connectivity index (χ1n) is 5.34. The topological polar surface area (TPSA) is 92.3 Å². The van der Waals surface area contributed by atoms with Gasteiger partial charge < -0.3 is 15.7 Å². The van der Waals surface area contributed by atoms with Crippen molar-refractivity contribution in [2.75, 3.05) is 23.7 Å². The SMILES string of the molecule is Nc1nc(Cl)cc(N2CCC(C(=O)O)CC2)n1. The number of carboxylic acid groups (broad SMARTS) is 1. The minimum absolute atomic E-state index is 0.132. The summed E-state index contributed by atoms with van der Waals surface area (Å²) < 4.78 is 0. The predicted octanol–water partition coefficient (Wildman–Crippen LogP) is 1.01. The molecule has 2 heterocycles. The van der Waals surface area contributed by atoms with Gasteiger partial charge in [0.15, 0.2) is 0 Å². The number of hydrogen-bond acceptors (Lipinski definition) is 5. The Morgan fingerprint density at radius 3 is 2.65 bits per heavy atom. The number of carboxylic acids is 1. The third-order valence-corrected chi connectivity index (χ3v) is 3.06. The number of nitrogens with zero attached hydrogens (tertiary/aromatic N) is 3. The molecule has 1 aromatic rings. The number of anilines is 2. The van der Waals surface area contributed by atoms with E-state index in [4.69, 9.17) is 22.4 Å². The van der Waals surface area contributed by atoms with Gasteiger partial charge in [-0.3, -0.25) is 4.79 Å². The minimum atomic E-state index is -0.732. The molecular weight excluding hydrogens is 244 g/mol. The maximum absolute atomic E-state index is 10.8. The molecule has 0 atom stereocenters. The molecule has 0 unspecified atom stereocenters. The maximum atomic E-state index is 10.8. The average Bonchev–Trinajstić information content (AvgIpc) is 2.28. The van der Waals surface area contributed by atoms with E-state index in [1.165, 1.54) is 0 Å². The van der Waals surface area contributed by atoms with E-state index >= 15 is 0 Å². The van der Waals surface area contributed by atoms with E-state index in [-0.39, 0.29) is 11.9 Å². The summed E-state index contributed by atoms with van der Waals surface area (Å²) in [7, 11) is 0. The van der Waals surface area contributed by atoms with Crippen LogP contribution < -0.4 is 10.6 Å². The van der Waals surface area contributed by atoms with Gasteiger partial charge in [-0.1, -0.05) is 11.6 Å². The number of halogens is 1. The molecule has 0 bridgehead atoms. The highest BCUT2D eigenvalue weighted by Crippen LogP contribution is 2.23. The first-order valence-corrected chi connectivity index (χ1v) is 5.72. The van der Waals surface area contributed by atoms with Crippen molar-refractivity contribution in [1.82, 2.24) is 9.97 Å². The number of carbonyl (C=O) groups is 1. The molecule has 1 aromatic heterocycles. The van der Waals surface area contributed by atoms with Gasteiger partial charge in [0.2, 0.25) is 5.95 Å². The molecule has 0 spiro atoms. The summed E-state index contributed by atoms with van der Waals surface area (Å²) in [5, 5.41) is 9.20. The summed E-state index contributed by atoms with van der Waals surface area (Å²) >= 11 is 5.80. The van der Waals surface area contributed by atoms with Crippen LogP contribution in [0.2, 0.25) is 5.15 Å². The van der Waals surface area contributed by atoms with Gasteiger partial charge in [0, 0.05) is 19.2 Å². The van der Waals surface area contributed by atoms with Crippen molar-refractivity contribution in [3.05, 3.63) is 11.2 Å². The van der Waals surface area contributed by atoms with Crippen LogP contribution in [0.3, 0.4) is 0 Å². The van der Waals surface area contributed by atoms with E-state index in [9.17, 15) is 4.79 Å². The van der Waals surface area contributed by atoms with Crippen molar-refractivity contribution in [2.24, 2.45) is 5.92 Å². The summed E-state index contributed by atoms with van der Waals surface area (Å²) in [6.07, 6.45) is 1.22. The molecule has 1 aliphatic rings. The predicted molar refractivity (Wildman–Crippen MR) is 64.0 cm³/mol. The van der Waals surface area contributed by atoms with Crippen LogP contribution in [-0.4, -0.2) is 34.1 Å². The molecule has 2 rings (SSSR count). The van der Waals surface area contributed by atoms with Crippen LogP contribution in [0.4, 0.5) is 11.8 Å². The zero-order valence-electron chi connectivity index (χ0n) is 9.14. The molecular formula is C10H13ClN4O2. The van der Waals surface area contributed by atoms with Gasteiger partial charge in [0.1, 0.15) is 11.0 Å². The van der Waals surface area contributed by atoms with Crippen molar-refractivity contribution < 1.29 is 9.90 Å². The highest BCUT2D eigenvalue weighted by molar-refractivity contribution is 6.29. The van der Waals surface area contributed by atoms with Gasteiger partial charge in [-0.2, -0.15) is 4.98 Å². The average molecular weight is 257 g/mol. The Hall–Kier alpha value is -1.56. The van der Waals surface area contributed by atoms with Gasteiger partial charge >= 0.3 is 5.97 Å². The Morgan fingerprint density at radius 1 is 1.47 bits per heavy atom. The highest BCUT2D eigenvalue weighted by atomic mass is 35.5. The number of piperidine rings is 1. The molecule has 1 fully saturated rings. The summed E-state index contributed by atoms with van der Waals surface area (Å²) in [6.45, 7) is 1.29. The summed E-state index contributed by atoms with van der Waals surface area (Å²) in [4.78, 5) is 20.7. The molecule has 0 aliphatic carbocycles. The first kappa shape index (κ1) is 11.9. The minimum Gasteiger partial charge on any atom is -0.481 e. The van der Waals surface area contributed by atoms with E-state index in [2.05, 4.69) is 9.97 Å². The molecule has 17 heavy (non-hydrogen) atoms. The van der Waals surface area contributed by atoms with Gasteiger partial charge in [0.05, 0.1) is 5.92 Å². The lowest BCUT2D eigenvalue weighted by Gasteiger charge is -2.30. The van der Waals surface area contributed by atoms with E-state index in [0.717, 1.165) is 0 Å². The number of nitrogens with two attached hydrogens (primary N) is 1. The van der Waals surface area contributed by atoms with Crippen LogP contribution in [-0.2, 0) is 4.79 Å². The van der Waals surface area contributed by atoms with Crippen molar-refractivity contribution in [3.63, 3.8) is 0 Å². The zero-order valence-corrected chi connectivity index (χ0v) is 9.89. The normalized spacial score (nSPS) is 17.1. The Bertz CT molecular complexity index is 412. The van der Waals surface area contributed by atoms with Crippen LogP contribution in [0.15, 0.2) is 6.07 Å². The van der Waals surface area contributed by atoms with E-state index in [1.807, 2.05) is 4.90 Å². The Labute approximate surface area is 103 Å². The third-order valence-electron chi connectivity index (χ3n) is 2.87. The quantitative estimate of drug-likeness (QED) is 0.768. The number of aromatic nitrogens is 2. The van der Waals surface area contributed by atoms with Gasteiger partial charge in [-0.25, -0.2) is 4.98 Å². The fraction of sp³-hybridized carbons (Fsp3) is 0.500. The fourth-order valence-corrected chi connectivity index (χ4v) is 2.12. The lowest BCUT2D eigenvalue weighted by atomic mass is 9.97. The Kier molecular flexibility index (Phi) is 3.33. The molecule has 7 heteroatoms. The molecule has 1 aliphatic heterocycles. The smallest absolute Gasteiger partial charge is 0.306 e. The zero-order chi connectivity index (χ0) is 12.4. The molecule has 3 N–H and O–H groups in total. The standard InChI is InChI=1S/C10H13ClN4O2/c11-7-5-8(14-10(12)13-7)15-3-1-6(2-4-15)9(16)17/h5-6H,1-4H2,(H,16,17)(H2,12,13,14). The molecule has 0 aromatic carbocycles. The molecule has 0 saturated carbocycles. The van der Waals surface area contributed by atoms with Gasteiger partial charge in [-0.05, 0) is 12.8 Å². The maximum Gasteiger partial charge on any atom is 0.306 e.